The highest BCUT2D eigenvalue weighted by atomic mass is 15.2. The number of rotatable bonds is 3. The Labute approximate surface area is 348 Å². The van der Waals surface area contributed by atoms with Crippen molar-refractivity contribution < 1.29 is 0 Å². The van der Waals surface area contributed by atoms with Crippen molar-refractivity contribution in [3.8, 4) is 11.4 Å². The van der Waals surface area contributed by atoms with Gasteiger partial charge in [0.2, 0.25) is 0 Å². The van der Waals surface area contributed by atoms with Crippen molar-refractivity contribution in [3.63, 3.8) is 0 Å². The van der Waals surface area contributed by atoms with Crippen LogP contribution in [-0.4, -0.2) is 14.1 Å². The molecule has 0 bridgehead atoms. The van der Waals surface area contributed by atoms with E-state index in [9.17, 15) is 0 Å². The van der Waals surface area contributed by atoms with Crippen molar-refractivity contribution in [2.75, 3.05) is 4.90 Å². The van der Waals surface area contributed by atoms with Gasteiger partial charge in [0.05, 0.1) is 39.0 Å². The normalized spacial score (nSPS) is 13.3. The number of aromatic nitrogens is 3. The van der Waals surface area contributed by atoms with Gasteiger partial charge in [-0.05, 0) is 123 Å². The van der Waals surface area contributed by atoms with Gasteiger partial charge in [-0.3, -0.25) is 4.98 Å². The molecule has 0 amide bonds. The quantitative estimate of drug-likeness (QED) is 0.167. The zero-order valence-corrected chi connectivity index (χ0v) is 33.4. The molecule has 0 N–H and O–H groups in total. The molecule has 9 aromatic carbocycles. The van der Waals surface area contributed by atoms with E-state index < -0.39 is 0 Å². The maximum absolute atomic E-state index is 5.30. The van der Waals surface area contributed by atoms with Crippen LogP contribution in [0.4, 0.5) is 17.1 Å². The number of hydrogen-bond acceptors (Lipinski definition) is 2. The average Bonchev–Trinajstić information content (AvgIpc) is 3.30. The van der Waals surface area contributed by atoms with Gasteiger partial charge in [0.25, 0.3) is 0 Å². The molecule has 1 aliphatic rings. The van der Waals surface area contributed by atoms with Crippen molar-refractivity contribution in [2.45, 2.75) is 19.3 Å². The lowest BCUT2D eigenvalue weighted by Gasteiger charge is -2.42. The van der Waals surface area contributed by atoms with Crippen LogP contribution in [-0.2, 0) is 5.41 Å². The molecule has 0 saturated carbocycles. The van der Waals surface area contributed by atoms with E-state index in [0.717, 1.165) is 60.8 Å². The largest absolute Gasteiger partial charge is 0.310 e. The van der Waals surface area contributed by atoms with Crippen LogP contribution < -0.4 is 4.90 Å². The molecule has 12 rings (SSSR count). The van der Waals surface area contributed by atoms with Gasteiger partial charge in [-0.2, -0.15) is 0 Å². The summed E-state index contributed by atoms with van der Waals surface area (Å²) in [5, 5.41) is 8.10. The van der Waals surface area contributed by atoms with E-state index >= 15 is 0 Å². The highest BCUT2D eigenvalue weighted by Gasteiger charge is 2.37. The minimum Gasteiger partial charge on any atom is -0.310 e. The molecular formula is C56H40N4. The number of para-hydroxylation sites is 6. The summed E-state index contributed by atoms with van der Waals surface area (Å²) >= 11 is 0. The molecule has 0 fully saturated rings. The fourth-order valence-electron chi connectivity index (χ4n) is 10.0. The molecule has 2 aromatic heterocycles. The molecular weight excluding hydrogens is 729 g/mol. The van der Waals surface area contributed by atoms with E-state index in [1.165, 1.54) is 44.0 Å². The monoisotopic (exact) mass is 768 g/mol. The number of anilines is 3. The summed E-state index contributed by atoms with van der Waals surface area (Å²) in [4.78, 5) is 7.76. The van der Waals surface area contributed by atoms with Crippen LogP contribution >= 0.6 is 0 Å². The second kappa shape index (κ2) is 13.2. The zero-order chi connectivity index (χ0) is 40.0. The first-order chi connectivity index (χ1) is 29.6. The second-order valence-electron chi connectivity index (χ2n) is 16.4. The number of nitrogens with zero attached hydrogens (tertiary/aromatic N) is 4. The van der Waals surface area contributed by atoms with E-state index in [2.05, 4.69) is 228 Å². The maximum Gasteiger partial charge on any atom is 0.0786 e. The van der Waals surface area contributed by atoms with E-state index in [4.69, 9.17) is 4.98 Å². The van der Waals surface area contributed by atoms with Crippen molar-refractivity contribution >= 4 is 82.3 Å². The number of benzene rings is 8. The lowest BCUT2D eigenvalue weighted by atomic mass is 9.72. The highest BCUT2D eigenvalue weighted by Crippen LogP contribution is 2.53. The van der Waals surface area contributed by atoms with Crippen molar-refractivity contribution in [1.29, 1.82) is 0 Å². The zero-order valence-electron chi connectivity index (χ0n) is 33.4. The first-order valence-corrected chi connectivity index (χ1v) is 20.7. The third-order valence-electron chi connectivity index (χ3n) is 12.7. The molecule has 0 radical (unpaired) electrons. The van der Waals surface area contributed by atoms with Gasteiger partial charge in [-0.25, -0.2) is 0 Å². The van der Waals surface area contributed by atoms with E-state index in [1.54, 1.807) is 0 Å². The predicted octanol–water partition coefficient (Wildman–Crippen LogP) is 14.8. The Hall–Kier alpha value is -7.69. The summed E-state index contributed by atoms with van der Waals surface area (Å²) < 4.78 is 4.85. The van der Waals surface area contributed by atoms with Gasteiger partial charge in [-0.15, -0.1) is 0 Å². The van der Waals surface area contributed by atoms with Crippen LogP contribution in [0, 0.1) is 0 Å². The molecule has 0 saturated heterocycles. The molecule has 0 aliphatic carbocycles. The Bertz CT molecular complexity index is 3560. The van der Waals surface area contributed by atoms with Crippen molar-refractivity contribution in [3.05, 3.63) is 218 Å². The molecule has 3 heterocycles. The van der Waals surface area contributed by atoms with Gasteiger partial charge >= 0.3 is 0 Å². The summed E-state index contributed by atoms with van der Waals surface area (Å²) in [6.45, 7) is 4.73. The van der Waals surface area contributed by atoms with Crippen LogP contribution in [0.25, 0.3) is 76.7 Å². The Morgan fingerprint density at radius 2 is 0.833 bits per heavy atom. The van der Waals surface area contributed by atoms with E-state index in [0.29, 0.717) is 0 Å². The van der Waals surface area contributed by atoms with Crippen LogP contribution in [0.5, 0.6) is 0 Å². The minimum absolute atomic E-state index is 0.273. The van der Waals surface area contributed by atoms with Gasteiger partial charge in [-0.1, -0.05) is 129 Å². The molecule has 284 valence electrons. The summed E-state index contributed by atoms with van der Waals surface area (Å²) in [5.41, 5.74) is 13.5. The molecule has 4 heteroatoms. The van der Waals surface area contributed by atoms with Crippen LogP contribution in [0.3, 0.4) is 0 Å². The Kier molecular flexibility index (Phi) is 7.54. The minimum atomic E-state index is -0.273. The lowest BCUT2D eigenvalue weighted by Crippen LogP contribution is -2.30. The number of fused-ring (bicyclic) bond motifs is 12. The third kappa shape index (κ3) is 5.01. The Balaban J connectivity index is 1.31. The first-order valence-electron chi connectivity index (χ1n) is 20.7. The summed E-state index contributed by atoms with van der Waals surface area (Å²) in [7, 11) is 0. The van der Waals surface area contributed by atoms with Crippen molar-refractivity contribution in [1.82, 2.24) is 14.1 Å². The van der Waals surface area contributed by atoms with Gasteiger partial charge in [0.15, 0.2) is 0 Å². The third-order valence-corrected chi connectivity index (χ3v) is 12.7. The molecule has 1 aliphatic heterocycles. The smallest absolute Gasteiger partial charge is 0.0786 e. The summed E-state index contributed by atoms with van der Waals surface area (Å²) in [6.07, 6.45) is 1.95. The Morgan fingerprint density at radius 3 is 1.45 bits per heavy atom. The predicted molar refractivity (Wildman–Crippen MR) is 252 cm³/mol. The van der Waals surface area contributed by atoms with Crippen LogP contribution in [0.15, 0.2) is 206 Å². The number of pyridine rings is 1. The number of hydrogen-bond donors (Lipinski definition) is 0. The molecule has 0 spiro atoms. The highest BCUT2D eigenvalue weighted by molar-refractivity contribution is 6.27. The Morgan fingerprint density at radius 1 is 0.350 bits per heavy atom. The molecule has 11 aromatic rings. The van der Waals surface area contributed by atoms with Gasteiger partial charge in [0.1, 0.15) is 0 Å². The van der Waals surface area contributed by atoms with E-state index in [-0.39, 0.29) is 5.41 Å². The average molecular weight is 769 g/mol. The molecule has 0 atom stereocenters. The standard InChI is InChI=1S/C56H40N4/c1-56(2)47-28-14-15-29-49(47)58(37-19-6-3-7-20-37)52-34-44-41-26-13-12-25-40(41)43-35-53-54(36-45(43)42-27-18-32-57-55(42)46(44)33-48(52)56)60(39-23-10-5-11-24-39)51-31-17-16-30-50(51)59(53)38-21-8-4-9-22-38/h3-36H,1-2H3. The fraction of sp³-hybridized carbons (Fsp3) is 0.0536. The van der Waals surface area contributed by atoms with Crippen molar-refractivity contribution in [2.24, 2.45) is 0 Å². The summed E-state index contributed by atoms with van der Waals surface area (Å²) in [6, 6.07) is 73.0. The SMILES string of the molecule is CC1(C)c2ccccc2N(c2ccccc2)c2cc3c4ccccc4c4cc5c(cc4c4cccnc4c3cc21)n(-c1ccccc1)c1ccccc1n5-c1ccccc1. The molecule has 4 nitrogen and oxygen atoms in total. The van der Waals surface area contributed by atoms with Crippen LogP contribution in [0.1, 0.15) is 25.0 Å². The summed E-state index contributed by atoms with van der Waals surface area (Å²) in [5.74, 6) is 0. The van der Waals surface area contributed by atoms with Crippen LogP contribution in [0.2, 0.25) is 0 Å². The lowest BCUT2D eigenvalue weighted by molar-refractivity contribution is 0.633. The first kappa shape index (κ1) is 34.4. The maximum atomic E-state index is 5.30. The molecule has 0 unspecified atom stereocenters. The molecule has 60 heavy (non-hydrogen) atoms. The van der Waals surface area contributed by atoms with Gasteiger partial charge in [0, 0.05) is 39.4 Å². The van der Waals surface area contributed by atoms with Gasteiger partial charge < -0.3 is 14.0 Å². The second-order valence-corrected chi connectivity index (χ2v) is 16.4. The fourth-order valence-corrected chi connectivity index (χ4v) is 10.0. The topological polar surface area (TPSA) is 26.0 Å². The van der Waals surface area contributed by atoms with E-state index in [1.807, 2.05) is 6.20 Å².